The Bertz CT molecular complexity index is 741. The molecule has 1 atom stereocenters. The van der Waals surface area contributed by atoms with Crippen molar-refractivity contribution < 1.29 is 13.2 Å². The molecule has 1 fully saturated rings. The van der Waals surface area contributed by atoms with Crippen LogP contribution in [0.3, 0.4) is 0 Å². The zero-order valence-corrected chi connectivity index (χ0v) is 12.7. The van der Waals surface area contributed by atoms with Crippen LogP contribution in [0.25, 0.3) is 0 Å². The molecule has 22 heavy (non-hydrogen) atoms. The molecule has 0 aliphatic carbocycles. The highest BCUT2D eigenvalue weighted by molar-refractivity contribution is 7.89. The topological polar surface area (TPSA) is 127 Å². The second-order valence-electron chi connectivity index (χ2n) is 4.92. The van der Waals surface area contributed by atoms with E-state index in [1.807, 2.05) is 0 Å². The van der Waals surface area contributed by atoms with Crippen molar-refractivity contribution in [2.24, 2.45) is 0 Å². The van der Waals surface area contributed by atoms with E-state index in [0.717, 1.165) is 0 Å². The minimum Gasteiger partial charge on any atom is -0.384 e. The van der Waals surface area contributed by atoms with Crippen LogP contribution in [0.1, 0.15) is 17.6 Å². The number of aromatic nitrogens is 4. The van der Waals surface area contributed by atoms with E-state index >= 15 is 0 Å². The minimum absolute atomic E-state index is 0.131. The molecule has 9 nitrogen and oxygen atoms in total. The second-order valence-corrected chi connectivity index (χ2v) is 6.86. The first-order valence-corrected chi connectivity index (χ1v) is 8.12. The third kappa shape index (κ3) is 2.80. The van der Waals surface area contributed by atoms with Gasteiger partial charge >= 0.3 is 0 Å². The fourth-order valence-electron chi connectivity index (χ4n) is 2.33. The molecule has 1 aliphatic heterocycles. The van der Waals surface area contributed by atoms with Gasteiger partial charge in [-0.25, -0.2) is 18.4 Å². The smallest absolute Gasteiger partial charge is 0.246 e. The number of nitrogen functional groups attached to an aromatic ring is 1. The molecule has 0 aromatic carbocycles. The maximum atomic E-state index is 12.5. The molecular weight excluding hydrogens is 308 g/mol. The Hall–Kier alpha value is -2.04. The first kappa shape index (κ1) is 14.9. The number of hydrogen-bond acceptors (Lipinski definition) is 7. The Balaban J connectivity index is 1.86. The van der Waals surface area contributed by atoms with Crippen LogP contribution in [-0.2, 0) is 14.8 Å². The van der Waals surface area contributed by atoms with E-state index in [2.05, 4.69) is 20.2 Å². The Labute approximate surface area is 127 Å². The van der Waals surface area contributed by atoms with Crippen molar-refractivity contribution in [1.29, 1.82) is 0 Å². The zero-order chi connectivity index (χ0) is 15.7. The summed E-state index contributed by atoms with van der Waals surface area (Å²) in [6, 6.07) is 1.60. The fourth-order valence-corrected chi connectivity index (χ4v) is 3.66. The molecule has 10 heteroatoms. The standard InChI is InChI=1S/C12H16N6O3S/c1-8-16-10(4-12(13)17-8)11-7-18(2-3-21-11)22(19,20)9-5-14-15-6-9/h4-6,11H,2-3,7H2,1H3,(H,14,15)(H2,13,16,17)/t11-/m1/s1. The average Bonchev–Trinajstić information content (AvgIpc) is 3.01. The van der Waals surface area contributed by atoms with Gasteiger partial charge in [-0.1, -0.05) is 0 Å². The molecule has 0 spiro atoms. The SMILES string of the molecule is Cc1nc(N)cc([C@H]2CN(S(=O)(=O)c3cn[nH]c3)CCO2)n1. The number of sulfonamides is 1. The summed E-state index contributed by atoms with van der Waals surface area (Å²) >= 11 is 0. The molecule has 1 saturated heterocycles. The van der Waals surface area contributed by atoms with E-state index < -0.39 is 16.1 Å². The van der Waals surface area contributed by atoms with Crippen LogP contribution in [0.2, 0.25) is 0 Å². The molecule has 3 rings (SSSR count). The lowest BCUT2D eigenvalue weighted by molar-refractivity contribution is -0.00504. The van der Waals surface area contributed by atoms with Gasteiger partial charge < -0.3 is 10.5 Å². The van der Waals surface area contributed by atoms with Crippen LogP contribution in [0.15, 0.2) is 23.4 Å². The Morgan fingerprint density at radius 3 is 2.95 bits per heavy atom. The molecule has 1 aliphatic rings. The van der Waals surface area contributed by atoms with Gasteiger partial charge in [0.05, 0.1) is 18.5 Å². The summed E-state index contributed by atoms with van der Waals surface area (Å²) in [6.07, 6.45) is 2.17. The molecule has 2 aromatic heterocycles. The zero-order valence-electron chi connectivity index (χ0n) is 11.9. The van der Waals surface area contributed by atoms with Crippen LogP contribution in [0.4, 0.5) is 5.82 Å². The van der Waals surface area contributed by atoms with Crippen LogP contribution in [-0.4, -0.2) is 52.6 Å². The molecule has 0 bridgehead atoms. The third-order valence-corrected chi connectivity index (χ3v) is 5.18. The van der Waals surface area contributed by atoms with Crippen LogP contribution < -0.4 is 5.73 Å². The van der Waals surface area contributed by atoms with Gasteiger partial charge in [-0.3, -0.25) is 5.10 Å². The summed E-state index contributed by atoms with van der Waals surface area (Å²) < 4.78 is 32.0. The third-order valence-electron chi connectivity index (χ3n) is 3.35. The predicted octanol–water partition coefficient (Wildman–Crippen LogP) is -0.147. The number of rotatable bonds is 3. The van der Waals surface area contributed by atoms with Crippen LogP contribution in [0.5, 0.6) is 0 Å². The van der Waals surface area contributed by atoms with Gasteiger partial charge in [0.1, 0.15) is 22.6 Å². The molecular formula is C12H16N6O3S. The highest BCUT2D eigenvalue weighted by atomic mass is 32.2. The Kier molecular flexibility index (Phi) is 3.81. The van der Waals surface area contributed by atoms with Gasteiger partial charge in [0.15, 0.2) is 0 Å². The molecule has 3 N–H and O–H groups in total. The van der Waals surface area contributed by atoms with Crippen molar-refractivity contribution in [3.63, 3.8) is 0 Å². The van der Waals surface area contributed by atoms with Crippen LogP contribution in [0, 0.1) is 6.92 Å². The first-order valence-electron chi connectivity index (χ1n) is 6.68. The highest BCUT2D eigenvalue weighted by Gasteiger charge is 2.32. The molecule has 0 radical (unpaired) electrons. The molecule has 0 unspecified atom stereocenters. The largest absolute Gasteiger partial charge is 0.384 e. The van der Waals surface area contributed by atoms with E-state index in [-0.39, 0.29) is 24.6 Å². The van der Waals surface area contributed by atoms with Gasteiger partial charge in [0.2, 0.25) is 10.0 Å². The number of morpholine rings is 1. The van der Waals surface area contributed by atoms with Crippen LogP contribution >= 0.6 is 0 Å². The number of ether oxygens (including phenoxy) is 1. The van der Waals surface area contributed by atoms with Crippen molar-refractivity contribution >= 4 is 15.8 Å². The number of nitrogens with zero attached hydrogens (tertiary/aromatic N) is 4. The average molecular weight is 324 g/mol. The van der Waals surface area contributed by atoms with E-state index in [0.29, 0.717) is 17.3 Å². The Morgan fingerprint density at radius 2 is 2.27 bits per heavy atom. The quantitative estimate of drug-likeness (QED) is 0.804. The number of H-pyrrole nitrogens is 1. The van der Waals surface area contributed by atoms with Gasteiger partial charge in [-0.15, -0.1) is 0 Å². The van der Waals surface area contributed by atoms with Crippen molar-refractivity contribution in [3.8, 4) is 0 Å². The van der Waals surface area contributed by atoms with E-state index in [4.69, 9.17) is 10.5 Å². The van der Waals surface area contributed by atoms with Crippen molar-refractivity contribution in [2.45, 2.75) is 17.9 Å². The molecule has 3 heterocycles. The number of nitrogens with one attached hydrogen (secondary N) is 1. The van der Waals surface area contributed by atoms with Gasteiger partial charge in [-0.2, -0.15) is 9.40 Å². The molecule has 0 saturated carbocycles. The maximum Gasteiger partial charge on any atom is 0.246 e. The number of aromatic amines is 1. The normalized spacial score (nSPS) is 20.1. The van der Waals surface area contributed by atoms with E-state index in [9.17, 15) is 8.42 Å². The summed E-state index contributed by atoms with van der Waals surface area (Å²) in [4.78, 5) is 8.42. The summed E-state index contributed by atoms with van der Waals surface area (Å²) in [5, 5.41) is 6.19. The monoisotopic (exact) mass is 324 g/mol. The summed E-state index contributed by atoms with van der Waals surface area (Å²) in [7, 11) is -3.59. The lowest BCUT2D eigenvalue weighted by Crippen LogP contribution is -2.42. The highest BCUT2D eigenvalue weighted by Crippen LogP contribution is 2.25. The number of aryl methyl sites for hydroxylation is 1. The number of nitrogens with two attached hydrogens (primary N) is 1. The molecule has 118 valence electrons. The summed E-state index contributed by atoms with van der Waals surface area (Å²) in [6.45, 7) is 2.46. The lowest BCUT2D eigenvalue weighted by Gasteiger charge is -2.31. The minimum atomic E-state index is -3.59. The maximum absolute atomic E-state index is 12.5. The summed E-state index contributed by atoms with van der Waals surface area (Å²) in [5.41, 5.74) is 6.29. The second kappa shape index (κ2) is 5.63. The number of anilines is 1. The van der Waals surface area contributed by atoms with Crippen molar-refractivity contribution in [2.75, 3.05) is 25.4 Å². The first-order chi connectivity index (χ1) is 10.5. The predicted molar refractivity (Wildman–Crippen MR) is 77.2 cm³/mol. The van der Waals surface area contributed by atoms with Gasteiger partial charge in [-0.05, 0) is 6.92 Å². The number of hydrogen-bond donors (Lipinski definition) is 2. The van der Waals surface area contributed by atoms with Gasteiger partial charge in [0.25, 0.3) is 0 Å². The fraction of sp³-hybridized carbons (Fsp3) is 0.417. The lowest BCUT2D eigenvalue weighted by atomic mass is 10.2. The summed E-state index contributed by atoms with van der Waals surface area (Å²) in [5.74, 6) is 0.856. The molecule has 2 aromatic rings. The van der Waals surface area contributed by atoms with E-state index in [1.165, 1.54) is 16.7 Å². The molecule has 0 amide bonds. The Morgan fingerprint density at radius 1 is 1.45 bits per heavy atom. The van der Waals surface area contributed by atoms with Gasteiger partial charge in [0, 0.05) is 25.4 Å². The van der Waals surface area contributed by atoms with E-state index in [1.54, 1.807) is 13.0 Å². The van der Waals surface area contributed by atoms with Crippen molar-refractivity contribution in [1.82, 2.24) is 24.5 Å². The van der Waals surface area contributed by atoms with Crippen molar-refractivity contribution in [3.05, 3.63) is 30.0 Å².